The highest BCUT2D eigenvalue weighted by molar-refractivity contribution is 14.1. The minimum atomic E-state index is -0.139. The van der Waals surface area contributed by atoms with Crippen molar-refractivity contribution in [2.24, 2.45) is 0 Å². The van der Waals surface area contributed by atoms with Crippen molar-refractivity contribution in [1.82, 2.24) is 0 Å². The van der Waals surface area contributed by atoms with Crippen LogP contribution in [0.15, 0.2) is 78.9 Å². The molecule has 0 heterocycles. The first-order valence-electron chi connectivity index (χ1n) is 7.11. The minimum Gasteiger partial charge on any atom is -0.457 e. The van der Waals surface area contributed by atoms with E-state index in [0.717, 1.165) is 15.0 Å². The third-order valence-corrected chi connectivity index (χ3v) is 4.16. The number of anilines is 1. The minimum absolute atomic E-state index is 0.139. The average Bonchev–Trinajstić information content (AvgIpc) is 2.58. The number of hydrogen-bond acceptors (Lipinski definition) is 2. The van der Waals surface area contributed by atoms with Crippen molar-refractivity contribution in [3.63, 3.8) is 0 Å². The van der Waals surface area contributed by atoms with Crippen LogP contribution in [0.4, 0.5) is 5.69 Å². The number of benzene rings is 3. The second kappa shape index (κ2) is 7.28. The van der Waals surface area contributed by atoms with Crippen molar-refractivity contribution in [3.8, 4) is 11.5 Å². The van der Waals surface area contributed by atoms with Gasteiger partial charge in [-0.1, -0.05) is 30.3 Å². The van der Waals surface area contributed by atoms with Crippen molar-refractivity contribution in [2.45, 2.75) is 0 Å². The summed E-state index contributed by atoms with van der Waals surface area (Å²) in [6.45, 7) is 0. The molecule has 0 aromatic heterocycles. The lowest BCUT2D eigenvalue weighted by atomic mass is 10.2. The molecule has 23 heavy (non-hydrogen) atoms. The summed E-state index contributed by atoms with van der Waals surface area (Å²) in [4.78, 5) is 12.3. The standard InChI is InChI=1S/C19H14INO2/c20-17-8-4-5-9-18(17)21-19(22)14-10-12-16(13-11-14)23-15-6-2-1-3-7-15/h1-13H,(H,21,22). The largest absolute Gasteiger partial charge is 0.457 e. The molecule has 1 N–H and O–H groups in total. The van der Waals surface area contributed by atoms with E-state index in [9.17, 15) is 4.79 Å². The number of para-hydroxylation sites is 2. The van der Waals surface area contributed by atoms with Crippen LogP contribution >= 0.6 is 22.6 Å². The molecule has 0 fully saturated rings. The van der Waals surface area contributed by atoms with Gasteiger partial charge in [0.2, 0.25) is 0 Å². The lowest BCUT2D eigenvalue weighted by Crippen LogP contribution is -2.12. The van der Waals surface area contributed by atoms with Crippen molar-refractivity contribution < 1.29 is 9.53 Å². The molecular weight excluding hydrogens is 401 g/mol. The van der Waals surface area contributed by atoms with Gasteiger partial charge >= 0.3 is 0 Å². The van der Waals surface area contributed by atoms with Crippen LogP contribution in [0.2, 0.25) is 0 Å². The Labute approximate surface area is 148 Å². The Morgan fingerprint density at radius 3 is 2.09 bits per heavy atom. The second-order valence-electron chi connectivity index (χ2n) is 4.87. The number of carbonyl (C=O) groups is 1. The molecule has 0 aliphatic carbocycles. The van der Waals surface area contributed by atoms with E-state index in [2.05, 4.69) is 27.9 Å². The SMILES string of the molecule is O=C(Nc1ccccc1I)c1ccc(Oc2ccccc2)cc1. The van der Waals surface area contributed by atoms with Gasteiger partial charge < -0.3 is 10.1 Å². The van der Waals surface area contributed by atoms with Crippen LogP contribution in [0.3, 0.4) is 0 Å². The Hall–Kier alpha value is -2.34. The number of halogens is 1. The molecule has 3 rings (SSSR count). The second-order valence-corrected chi connectivity index (χ2v) is 6.04. The molecule has 0 unspecified atom stereocenters. The van der Waals surface area contributed by atoms with Gasteiger partial charge in [0.1, 0.15) is 11.5 Å². The first-order valence-corrected chi connectivity index (χ1v) is 8.19. The first-order chi connectivity index (χ1) is 11.2. The molecule has 0 bridgehead atoms. The highest BCUT2D eigenvalue weighted by Crippen LogP contribution is 2.22. The van der Waals surface area contributed by atoms with Gasteiger partial charge in [0, 0.05) is 9.13 Å². The van der Waals surface area contributed by atoms with Gasteiger partial charge in [0.25, 0.3) is 5.91 Å². The predicted octanol–water partition coefficient (Wildman–Crippen LogP) is 5.34. The third-order valence-electron chi connectivity index (χ3n) is 3.22. The fourth-order valence-corrected chi connectivity index (χ4v) is 2.58. The van der Waals surface area contributed by atoms with Crippen molar-refractivity contribution in [2.75, 3.05) is 5.32 Å². The van der Waals surface area contributed by atoms with Crippen LogP contribution in [-0.4, -0.2) is 5.91 Å². The molecule has 3 aromatic carbocycles. The number of carbonyl (C=O) groups excluding carboxylic acids is 1. The van der Waals surface area contributed by atoms with Gasteiger partial charge in [-0.3, -0.25) is 4.79 Å². The van der Waals surface area contributed by atoms with Gasteiger partial charge in [-0.25, -0.2) is 0 Å². The average molecular weight is 415 g/mol. The molecule has 114 valence electrons. The van der Waals surface area contributed by atoms with Crippen LogP contribution in [0.5, 0.6) is 11.5 Å². The normalized spacial score (nSPS) is 10.1. The lowest BCUT2D eigenvalue weighted by molar-refractivity contribution is 0.102. The summed E-state index contributed by atoms with van der Waals surface area (Å²) in [5.74, 6) is 1.32. The molecule has 3 aromatic rings. The van der Waals surface area contributed by atoms with Crippen LogP contribution < -0.4 is 10.1 Å². The molecule has 0 saturated heterocycles. The van der Waals surface area contributed by atoms with Crippen LogP contribution in [0.25, 0.3) is 0 Å². The van der Waals surface area contributed by atoms with E-state index in [1.54, 1.807) is 24.3 Å². The summed E-state index contributed by atoms with van der Waals surface area (Å²) in [5.41, 5.74) is 1.40. The monoisotopic (exact) mass is 415 g/mol. The molecule has 1 amide bonds. The fraction of sp³-hybridized carbons (Fsp3) is 0. The summed E-state index contributed by atoms with van der Waals surface area (Å²) < 4.78 is 6.72. The molecule has 0 aliphatic heterocycles. The topological polar surface area (TPSA) is 38.3 Å². The molecule has 4 heteroatoms. The summed E-state index contributed by atoms with van der Waals surface area (Å²) in [6, 6.07) is 24.3. The maximum atomic E-state index is 12.3. The maximum absolute atomic E-state index is 12.3. The summed E-state index contributed by atoms with van der Waals surface area (Å²) in [6.07, 6.45) is 0. The summed E-state index contributed by atoms with van der Waals surface area (Å²) in [7, 11) is 0. The molecule has 3 nitrogen and oxygen atoms in total. The highest BCUT2D eigenvalue weighted by atomic mass is 127. The van der Waals surface area contributed by atoms with E-state index in [-0.39, 0.29) is 5.91 Å². The van der Waals surface area contributed by atoms with Crippen LogP contribution in [0, 0.1) is 3.57 Å². The smallest absolute Gasteiger partial charge is 0.255 e. The molecule has 0 aliphatic rings. The van der Waals surface area contributed by atoms with Gasteiger partial charge in [0.05, 0.1) is 5.69 Å². The van der Waals surface area contributed by atoms with E-state index in [1.165, 1.54) is 0 Å². The zero-order valence-corrected chi connectivity index (χ0v) is 14.4. The van der Waals surface area contributed by atoms with Gasteiger partial charge in [-0.2, -0.15) is 0 Å². The Morgan fingerprint density at radius 1 is 0.783 bits per heavy atom. The maximum Gasteiger partial charge on any atom is 0.255 e. The highest BCUT2D eigenvalue weighted by Gasteiger charge is 2.08. The van der Waals surface area contributed by atoms with E-state index in [0.29, 0.717) is 11.3 Å². The third kappa shape index (κ3) is 4.10. The molecule has 0 spiro atoms. The quantitative estimate of drug-likeness (QED) is 0.585. The van der Waals surface area contributed by atoms with E-state index in [1.807, 2.05) is 54.6 Å². The molecule has 0 atom stereocenters. The first kappa shape index (κ1) is 15.6. The van der Waals surface area contributed by atoms with Gasteiger partial charge in [0.15, 0.2) is 0 Å². The van der Waals surface area contributed by atoms with Gasteiger partial charge in [-0.15, -0.1) is 0 Å². The predicted molar refractivity (Wildman–Crippen MR) is 100 cm³/mol. The Morgan fingerprint density at radius 2 is 1.39 bits per heavy atom. The molecule has 0 radical (unpaired) electrons. The van der Waals surface area contributed by atoms with E-state index < -0.39 is 0 Å². The fourth-order valence-electron chi connectivity index (χ4n) is 2.06. The zero-order valence-electron chi connectivity index (χ0n) is 12.2. The summed E-state index contributed by atoms with van der Waals surface area (Å²) >= 11 is 2.20. The van der Waals surface area contributed by atoms with E-state index in [4.69, 9.17) is 4.74 Å². The summed E-state index contributed by atoms with van der Waals surface area (Å²) in [5, 5.41) is 2.91. The Balaban J connectivity index is 1.69. The lowest BCUT2D eigenvalue weighted by Gasteiger charge is -2.08. The Kier molecular flexibility index (Phi) is 4.92. The number of hydrogen-bond donors (Lipinski definition) is 1. The number of ether oxygens (including phenoxy) is 1. The van der Waals surface area contributed by atoms with Crippen molar-refractivity contribution >= 4 is 34.2 Å². The number of nitrogens with one attached hydrogen (secondary N) is 1. The van der Waals surface area contributed by atoms with Crippen molar-refractivity contribution in [1.29, 1.82) is 0 Å². The van der Waals surface area contributed by atoms with E-state index >= 15 is 0 Å². The van der Waals surface area contributed by atoms with Crippen molar-refractivity contribution in [3.05, 3.63) is 88.0 Å². The van der Waals surface area contributed by atoms with Gasteiger partial charge in [-0.05, 0) is 71.1 Å². The van der Waals surface area contributed by atoms with Crippen LogP contribution in [0.1, 0.15) is 10.4 Å². The molecule has 0 saturated carbocycles. The number of rotatable bonds is 4. The number of amides is 1. The zero-order chi connectivity index (χ0) is 16.1. The van der Waals surface area contributed by atoms with Crippen LogP contribution in [-0.2, 0) is 0 Å². The Bertz CT molecular complexity index is 801. The molecular formula is C19H14INO2.